The molecule has 6 nitrogen and oxygen atoms in total. The Morgan fingerprint density at radius 3 is 2.72 bits per heavy atom. The van der Waals surface area contributed by atoms with Gasteiger partial charge in [-0.1, -0.05) is 18.2 Å². The number of H-pyrrole nitrogens is 1. The van der Waals surface area contributed by atoms with Gasteiger partial charge in [-0.25, -0.2) is 14.5 Å². The van der Waals surface area contributed by atoms with Gasteiger partial charge < -0.3 is 9.55 Å². The fourth-order valence-electron chi connectivity index (χ4n) is 3.06. The minimum Gasteiger partial charge on any atom is -0.323 e. The molecule has 3 aromatic heterocycles. The van der Waals surface area contributed by atoms with Gasteiger partial charge in [-0.15, -0.1) is 0 Å². The molecule has 3 heterocycles. The summed E-state index contributed by atoms with van der Waals surface area (Å²) in [6, 6.07) is 17.1. The molecule has 25 heavy (non-hydrogen) atoms. The van der Waals surface area contributed by atoms with E-state index in [-0.39, 0.29) is 5.56 Å². The fourth-order valence-corrected chi connectivity index (χ4v) is 3.06. The number of rotatable bonds is 2. The van der Waals surface area contributed by atoms with Gasteiger partial charge in [0, 0.05) is 24.1 Å². The van der Waals surface area contributed by atoms with Crippen molar-refractivity contribution in [3.8, 4) is 11.6 Å². The molecule has 0 spiro atoms. The molecule has 1 N–H and O–H groups in total. The number of imidazole rings is 2. The van der Waals surface area contributed by atoms with Crippen LogP contribution in [0, 0.1) is 0 Å². The maximum atomic E-state index is 12.6. The average molecular weight is 327 g/mol. The molecule has 0 amide bonds. The normalized spacial score (nSPS) is 11.4. The molecule has 0 aliphatic rings. The number of pyridine rings is 1. The molecule has 0 atom stereocenters. The van der Waals surface area contributed by atoms with Crippen LogP contribution >= 0.6 is 0 Å². The Morgan fingerprint density at radius 1 is 1.00 bits per heavy atom. The van der Waals surface area contributed by atoms with Crippen molar-refractivity contribution in [3.05, 3.63) is 83.7 Å². The lowest BCUT2D eigenvalue weighted by atomic mass is 10.2. The van der Waals surface area contributed by atoms with Gasteiger partial charge in [0.2, 0.25) is 5.95 Å². The first kappa shape index (κ1) is 13.7. The Morgan fingerprint density at radius 2 is 1.88 bits per heavy atom. The molecule has 0 saturated heterocycles. The van der Waals surface area contributed by atoms with Crippen molar-refractivity contribution in [1.29, 1.82) is 0 Å². The summed E-state index contributed by atoms with van der Waals surface area (Å²) in [5, 5.41) is 0.962. The maximum Gasteiger partial charge on any atom is 0.257 e. The Balaban J connectivity index is 1.82. The van der Waals surface area contributed by atoms with E-state index in [2.05, 4.69) is 15.0 Å². The van der Waals surface area contributed by atoms with Gasteiger partial charge in [-0.3, -0.25) is 4.79 Å². The van der Waals surface area contributed by atoms with Crippen LogP contribution in [-0.4, -0.2) is 24.1 Å². The predicted octanol–water partition coefficient (Wildman–Crippen LogP) is 3.05. The van der Waals surface area contributed by atoms with Crippen LogP contribution in [0.5, 0.6) is 0 Å². The Kier molecular flexibility index (Phi) is 2.84. The number of para-hydroxylation sites is 2. The summed E-state index contributed by atoms with van der Waals surface area (Å²) < 4.78 is 3.51. The van der Waals surface area contributed by atoms with E-state index in [1.165, 1.54) is 0 Å². The summed E-state index contributed by atoms with van der Waals surface area (Å²) in [4.78, 5) is 24.5. The van der Waals surface area contributed by atoms with Crippen LogP contribution in [0.2, 0.25) is 0 Å². The second kappa shape index (κ2) is 5.17. The molecule has 5 aromatic rings. The fraction of sp³-hybridized carbons (Fsp3) is 0. The van der Waals surface area contributed by atoms with E-state index in [9.17, 15) is 4.79 Å². The SMILES string of the molecule is O=c1ccc2ccc(-n3ccnc3)cc2n1-c1nc2ccccc2[nH]1. The quantitative estimate of drug-likeness (QED) is 0.542. The van der Waals surface area contributed by atoms with E-state index in [0.29, 0.717) is 5.95 Å². The number of aromatic nitrogens is 5. The number of nitrogens with zero attached hydrogens (tertiary/aromatic N) is 4. The van der Waals surface area contributed by atoms with Crippen LogP contribution < -0.4 is 5.56 Å². The molecule has 6 heteroatoms. The Bertz CT molecular complexity index is 1230. The zero-order valence-electron chi connectivity index (χ0n) is 13.1. The number of nitrogens with one attached hydrogen (secondary N) is 1. The van der Waals surface area contributed by atoms with E-state index >= 15 is 0 Å². The molecule has 0 aliphatic carbocycles. The van der Waals surface area contributed by atoms with Crippen LogP contribution in [0.1, 0.15) is 0 Å². The minimum atomic E-state index is -0.130. The smallest absolute Gasteiger partial charge is 0.257 e. The highest BCUT2D eigenvalue weighted by molar-refractivity contribution is 5.83. The van der Waals surface area contributed by atoms with Crippen LogP contribution in [-0.2, 0) is 0 Å². The van der Waals surface area contributed by atoms with Crippen molar-refractivity contribution in [3.63, 3.8) is 0 Å². The van der Waals surface area contributed by atoms with Crippen molar-refractivity contribution in [2.24, 2.45) is 0 Å². The van der Waals surface area contributed by atoms with E-state index < -0.39 is 0 Å². The highest BCUT2D eigenvalue weighted by Gasteiger charge is 2.11. The molecule has 120 valence electrons. The first-order valence-corrected chi connectivity index (χ1v) is 7.89. The summed E-state index contributed by atoms with van der Waals surface area (Å²) in [6.45, 7) is 0. The van der Waals surface area contributed by atoms with Crippen LogP contribution in [0.4, 0.5) is 0 Å². The molecule has 0 aliphatic heterocycles. The van der Waals surface area contributed by atoms with Crippen molar-refractivity contribution < 1.29 is 0 Å². The molecular weight excluding hydrogens is 314 g/mol. The average Bonchev–Trinajstić information content (AvgIpc) is 3.30. The van der Waals surface area contributed by atoms with Crippen molar-refractivity contribution in [2.45, 2.75) is 0 Å². The zero-order chi connectivity index (χ0) is 16.8. The van der Waals surface area contributed by atoms with Gasteiger partial charge in [0.05, 0.1) is 22.9 Å². The predicted molar refractivity (Wildman–Crippen MR) is 96.3 cm³/mol. The number of hydrogen-bond donors (Lipinski definition) is 1. The zero-order valence-corrected chi connectivity index (χ0v) is 13.1. The van der Waals surface area contributed by atoms with Crippen molar-refractivity contribution in [2.75, 3.05) is 0 Å². The molecule has 0 fully saturated rings. The van der Waals surface area contributed by atoms with Gasteiger partial charge >= 0.3 is 0 Å². The molecule has 0 radical (unpaired) electrons. The Hall–Kier alpha value is -3.67. The third-order valence-electron chi connectivity index (χ3n) is 4.27. The summed E-state index contributed by atoms with van der Waals surface area (Å²) in [5.41, 5.74) is 3.31. The second-order valence-electron chi connectivity index (χ2n) is 5.80. The highest BCUT2D eigenvalue weighted by Crippen LogP contribution is 2.20. The number of benzene rings is 2. The first-order chi connectivity index (χ1) is 12.3. The number of aromatic amines is 1. The number of hydrogen-bond acceptors (Lipinski definition) is 3. The number of fused-ring (bicyclic) bond motifs is 2. The molecular formula is C19H13N5O. The topological polar surface area (TPSA) is 68.5 Å². The van der Waals surface area contributed by atoms with Gasteiger partial charge in [0.1, 0.15) is 0 Å². The molecule has 0 bridgehead atoms. The van der Waals surface area contributed by atoms with Gasteiger partial charge in [0.25, 0.3) is 5.56 Å². The van der Waals surface area contributed by atoms with E-state index in [0.717, 1.165) is 27.6 Å². The van der Waals surface area contributed by atoms with Crippen LogP contribution in [0.15, 0.2) is 78.1 Å². The van der Waals surface area contributed by atoms with E-state index in [1.807, 2.05) is 59.3 Å². The van der Waals surface area contributed by atoms with Crippen molar-refractivity contribution in [1.82, 2.24) is 24.1 Å². The van der Waals surface area contributed by atoms with E-state index in [1.54, 1.807) is 23.2 Å². The minimum absolute atomic E-state index is 0.130. The lowest BCUT2D eigenvalue weighted by molar-refractivity contribution is 0.956. The summed E-state index contributed by atoms with van der Waals surface area (Å²) in [7, 11) is 0. The maximum absolute atomic E-state index is 12.6. The first-order valence-electron chi connectivity index (χ1n) is 7.89. The lowest BCUT2D eigenvalue weighted by Crippen LogP contribution is -2.18. The third kappa shape index (κ3) is 2.15. The summed E-state index contributed by atoms with van der Waals surface area (Å²) in [5.74, 6) is 0.514. The summed E-state index contributed by atoms with van der Waals surface area (Å²) in [6.07, 6.45) is 5.32. The van der Waals surface area contributed by atoms with Crippen LogP contribution in [0.25, 0.3) is 33.6 Å². The standard InChI is InChI=1S/C19H13N5O/c25-18-8-6-13-5-7-14(23-10-9-20-12-23)11-17(13)24(18)19-21-15-3-1-2-4-16(15)22-19/h1-12H,(H,21,22). The molecule has 5 rings (SSSR count). The highest BCUT2D eigenvalue weighted by atomic mass is 16.1. The van der Waals surface area contributed by atoms with Gasteiger partial charge in [-0.2, -0.15) is 0 Å². The summed E-state index contributed by atoms with van der Waals surface area (Å²) >= 11 is 0. The monoisotopic (exact) mass is 327 g/mol. The second-order valence-corrected chi connectivity index (χ2v) is 5.80. The molecule has 0 saturated carbocycles. The largest absolute Gasteiger partial charge is 0.323 e. The molecule has 0 unspecified atom stereocenters. The third-order valence-corrected chi connectivity index (χ3v) is 4.27. The van der Waals surface area contributed by atoms with Crippen molar-refractivity contribution >= 4 is 21.9 Å². The van der Waals surface area contributed by atoms with Crippen LogP contribution in [0.3, 0.4) is 0 Å². The lowest BCUT2D eigenvalue weighted by Gasteiger charge is -2.09. The van der Waals surface area contributed by atoms with Gasteiger partial charge in [0.15, 0.2) is 0 Å². The Labute approximate surface area is 142 Å². The molecule has 2 aromatic carbocycles. The van der Waals surface area contributed by atoms with E-state index in [4.69, 9.17) is 0 Å². The van der Waals surface area contributed by atoms with Gasteiger partial charge in [-0.05, 0) is 35.7 Å².